The van der Waals surface area contributed by atoms with E-state index in [1.165, 1.54) is 44.5 Å². The van der Waals surface area contributed by atoms with Gasteiger partial charge in [-0.3, -0.25) is 0 Å². The Morgan fingerprint density at radius 3 is 1.51 bits per heavy atom. The molecule has 292 valence electrons. The van der Waals surface area contributed by atoms with Crippen molar-refractivity contribution in [3.05, 3.63) is 229 Å². The van der Waals surface area contributed by atoms with Crippen LogP contribution in [-0.2, 0) is 5.41 Å². The lowest BCUT2D eigenvalue weighted by atomic mass is 9.70. The summed E-state index contributed by atoms with van der Waals surface area (Å²) in [4.78, 5) is 15.0. The van der Waals surface area contributed by atoms with E-state index < -0.39 is 5.41 Å². The fourth-order valence-electron chi connectivity index (χ4n) is 10.8. The zero-order valence-electron chi connectivity index (χ0n) is 33.8. The normalized spacial score (nSPS) is 13.2. The van der Waals surface area contributed by atoms with Crippen LogP contribution in [0.1, 0.15) is 22.3 Å². The Balaban J connectivity index is 0.936. The molecule has 0 unspecified atom stereocenters. The molecule has 1 spiro atoms. The highest BCUT2D eigenvalue weighted by Crippen LogP contribution is 2.63. The van der Waals surface area contributed by atoms with Gasteiger partial charge in [0.1, 0.15) is 11.2 Å². The first-order valence-electron chi connectivity index (χ1n) is 21.4. The average Bonchev–Trinajstić information content (AvgIpc) is 4.06. The van der Waals surface area contributed by atoms with Crippen LogP contribution in [0.4, 0.5) is 0 Å². The SMILES string of the molecule is c1ccc(-c2nc(-c3ccccc3)nc(-c3ccc4c(c3)c3ccccc3n4-c3ccc4c(c3)oc3cc5c(cc34)-c3ccccc3C53c4ccccc4-c4ccccc43)n2)cc1. The van der Waals surface area contributed by atoms with Crippen LogP contribution in [0.25, 0.3) is 106 Å². The molecule has 12 aromatic rings. The van der Waals surface area contributed by atoms with Crippen LogP contribution in [-0.4, -0.2) is 19.5 Å². The molecule has 0 saturated carbocycles. The third-order valence-electron chi connectivity index (χ3n) is 13.5. The summed E-state index contributed by atoms with van der Waals surface area (Å²) < 4.78 is 9.30. The molecule has 0 atom stereocenters. The number of hydrogen-bond donors (Lipinski definition) is 0. The number of hydrogen-bond acceptors (Lipinski definition) is 4. The van der Waals surface area contributed by atoms with Crippen LogP contribution >= 0.6 is 0 Å². The van der Waals surface area contributed by atoms with E-state index in [1.807, 2.05) is 60.7 Å². The second-order valence-electron chi connectivity index (χ2n) is 16.7. The molecular formula is C58H34N4O. The standard InChI is InChI=1S/C58H34N4O/c1-3-15-35(16-4-1)55-59-56(36-17-5-2-6-18-36)61-57(60-55)37-27-30-52-45(31-37)42-22-10-14-26-51(42)62(52)38-28-29-43-46-33-44-41-21-9-13-25-49(41)58(50(44)34-54(46)63-53(43)32-38)47-23-11-7-19-39(47)40-20-8-12-24-48(40)58/h1-34H. The van der Waals surface area contributed by atoms with Crippen molar-refractivity contribution in [2.45, 2.75) is 5.41 Å². The Bertz CT molecular complexity index is 3760. The van der Waals surface area contributed by atoms with E-state index >= 15 is 0 Å². The number of para-hydroxylation sites is 1. The molecule has 0 aliphatic heterocycles. The van der Waals surface area contributed by atoms with Gasteiger partial charge in [0.2, 0.25) is 0 Å². The van der Waals surface area contributed by atoms with Gasteiger partial charge in [-0.25, -0.2) is 15.0 Å². The van der Waals surface area contributed by atoms with Crippen molar-refractivity contribution in [2.75, 3.05) is 0 Å². The third-order valence-corrected chi connectivity index (χ3v) is 13.5. The Labute approximate surface area is 362 Å². The second kappa shape index (κ2) is 12.8. The topological polar surface area (TPSA) is 56.7 Å². The molecule has 2 aliphatic rings. The van der Waals surface area contributed by atoms with Gasteiger partial charge in [0.05, 0.1) is 16.4 Å². The van der Waals surface area contributed by atoms with Crippen LogP contribution in [0, 0.1) is 0 Å². The molecule has 5 nitrogen and oxygen atoms in total. The van der Waals surface area contributed by atoms with Crippen LogP contribution in [0.2, 0.25) is 0 Å². The maximum Gasteiger partial charge on any atom is 0.164 e. The van der Waals surface area contributed by atoms with Gasteiger partial charge in [0.15, 0.2) is 17.5 Å². The smallest absolute Gasteiger partial charge is 0.164 e. The van der Waals surface area contributed by atoms with E-state index in [2.05, 4.69) is 150 Å². The Kier molecular flexibility index (Phi) is 6.97. The molecule has 5 heteroatoms. The summed E-state index contributed by atoms with van der Waals surface area (Å²) in [5.41, 5.74) is 17.8. The summed E-state index contributed by atoms with van der Waals surface area (Å²) in [7, 11) is 0. The molecule has 0 amide bonds. The molecule has 63 heavy (non-hydrogen) atoms. The van der Waals surface area contributed by atoms with Crippen molar-refractivity contribution in [3.8, 4) is 62.1 Å². The average molecular weight is 803 g/mol. The fourth-order valence-corrected chi connectivity index (χ4v) is 10.8. The maximum absolute atomic E-state index is 6.95. The fraction of sp³-hybridized carbons (Fsp3) is 0.0172. The van der Waals surface area contributed by atoms with Crippen molar-refractivity contribution < 1.29 is 4.42 Å². The minimum Gasteiger partial charge on any atom is -0.456 e. The van der Waals surface area contributed by atoms with Gasteiger partial charge in [-0.05, 0) is 93.0 Å². The highest BCUT2D eigenvalue weighted by Gasteiger charge is 2.51. The Morgan fingerprint density at radius 2 is 0.857 bits per heavy atom. The van der Waals surface area contributed by atoms with E-state index in [-0.39, 0.29) is 0 Å². The van der Waals surface area contributed by atoms with Gasteiger partial charge in [0.25, 0.3) is 0 Å². The molecule has 3 aromatic heterocycles. The Morgan fingerprint density at radius 1 is 0.333 bits per heavy atom. The first-order valence-corrected chi connectivity index (χ1v) is 21.4. The largest absolute Gasteiger partial charge is 0.456 e. The van der Waals surface area contributed by atoms with Crippen molar-refractivity contribution in [2.24, 2.45) is 0 Å². The number of aromatic nitrogens is 4. The number of nitrogens with zero attached hydrogens (tertiary/aromatic N) is 4. The lowest BCUT2D eigenvalue weighted by Gasteiger charge is -2.30. The quantitative estimate of drug-likeness (QED) is 0.178. The lowest BCUT2D eigenvalue weighted by Crippen LogP contribution is -2.25. The molecular weight excluding hydrogens is 769 g/mol. The monoisotopic (exact) mass is 802 g/mol. The van der Waals surface area contributed by atoms with E-state index in [0.717, 1.165) is 66.1 Å². The number of rotatable bonds is 4. The van der Waals surface area contributed by atoms with E-state index in [1.54, 1.807) is 0 Å². The predicted molar refractivity (Wildman–Crippen MR) is 254 cm³/mol. The molecule has 2 aliphatic carbocycles. The predicted octanol–water partition coefficient (Wildman–Crippen LogP) is 14.2. The molecule has 9 aromatic carbocycles. The van der Waals surface area contributed by atoms with Crippen LogP contribution in [0.5, 0.6) is 0 Å². The van der Waals surface area contributed by atoms with Gasteiger partial charge in [-0.2, -0.15) is 0 Å². The first-order chi connectivity index (χ1) is 31.2. The van der Waals surface area contributed by atoms with Crippen LogP contribution in [0.3, 0.4) is 0 Å². The van der Waals surface area contributed by atoms with Gasteiger partial charge in [0, 0.05) is 50.0 Å². The number of furan rings is 1. The Hall–Kier alpha value is -8.41. The molecule has 0 saturated heterocycles. The molecule has 14 rings (SSSR count). The maximum atomic E-state index is 6.95. The van der Waals surface area contributed by atoms with Crippen molar-refractivity contribution in [1.29, 1.82) is 0 Å². The van der Waals surface area contributed by atoms with E-state index in [0.29, 0.717) is 17.5 Å². The van der Waals surface area contributed by atoms with Gasteiger partial charge in [-0.15, -0.1) is 0 Å². The zero-order chi connectivity index (χ0) is 41.2. The van der Waals surface area contributed by atoms with Crippen LogP contribution in [0.15, 0.2) is 211 Å². The van der Waals surface area contributed by atoms with Crippen molar-refractivity contribution >= 4 is 43.7 Å². The first kappa shape index (κ1) is 34.3. The van der Waals surface area contributed by atoms with E-state index in [4.69, 9.17) is 19.4 Å². The second-order valence-corrected chi connectivity index (χ2v) is 16.7. The zero-order valence-corrected chi connectivity index (χ0v) is 33.8. The summed E-state index contributed by atoms with van der Waals surface area (Å²) in [5, 5.41) is 4.49. The van der Waals surface area contributed by atoms with Gasteiger partial charge in [-0.1, -0.05) is 152 Å². The molecule has 0 radical (unpaired) electrons. The van der Waals surface area contributed by atoms with Gasteiger partial charge < -0.3 is 8.98 Å². The molecule has 0 N–H and O–H groups in total. The van der Waals surface area contributed by atoms with Crippen molar-refractivity contribution in [3.63, 3.8) is 0 Å². The molecule has 3 heterocycles. The summed E-state index contributed by atoms with van der Waals surface area (Å²) in [5.74, 6) is 1.92. The minimum absolute atomic E-state index is 0.424. The number of fused-ring (bicyclic) bond motifs is 16. The molecule has 0 fully saturated rings. The summed E-state index contributed by atoms with van der Waals surface area (Å²) in [6.07, 6.45) is 0. The van der Waals surface area contributed by atoms with Crippen molar-refractivity contribution in [1.82, 2.24) is 19.5 Å². The third kappa shape index (κ3) is 4.73. The lowest BCUT2D eigenvalue weighted by molar-refractivity contribution is 0.666. The summed E-state index contributed by atoms with van der Waals surface area (Å²) in [6, 6.07) is 73.6. The van der Waals surface area contributed by atoms with Crippen LogP contribution < -0.4 is 0 Å². The highest BCUT2D eigenvalue weighted by molar-refractivity contribution is 6.12. The number of benzene rings is 9. The van der Waals surface area contributed by atoms with E-state index in [9.17, 15) is 0 Å². The summed E-state index contributed by atoms with van der Waals surface area (Å²) >= 11 is 0. The van der Waals surface area contributed by atoms with Gasteiger partial charge >= 0.3 is 0 Å². The minimum atomic E-state index is -0.424. The highest BCUT2D eigenvalue weighted by atomic mass is 16.3. The summed E-state index contributed by atoms with van der Waals surface area (Å²) in [6.45, 7) is 0. The molecule has 0 bridgehead atoms.